The van der Waals surface area contributed by atoms with Gasteiger partial charge < -0.3 is 10.2 Å². The highest BCUT2D eigenvalue weighted by Crippen LogP contribution is 2.26. The topological polar surface area (TPSA) is 107 Å². The molecule has 0 aliphatic heterocycles. The van der Waals surface area contributed by atoms with Crippen LogP contribution >= 0.6 is 0 Å². The van der Waals surface area contributed by atoms with E-state index in [4.69, 9.17) is 5.11 Å². The summed E-state index contributed by atoms with van der Waals surface area (Å²) in [5.41, 5.74) is 2.38. The second-order valence-electron chi connectivity index (χ2n) is 5.34. The normalized spacial score (nSPS) is 11.3. The van der Waals surface area contributed by atoms with E-state index in [-0.39, 0.29) is 4.90 Å². The molecule has 2 aromatic rings. The molecule has 0 amide bonds. The van der Waals surface area contributed by atoms with Crippen molar-refractivity contribution < 1.29 is 23.4 Å². The zero-order chi connectivity index (χ0) is 17.4. The Morgan fingerprint density at radius 2 is 1.65 bits per heavy atom. The number of benzene rings is 2. The van der Waals surface area contributed by atoms with Gasteiger partial charge in [0.15, 0.2) is 0 Å². The fourth-order valence-electron chi connectivity index (χ4n) is 2.38. The summed E-state index contributed by atoms with van der Waals surface area (Å²) in [6.45, 7) is 5.47. The lowest BCUT2D eigenvalue weighted by atomic mass is 10.1. The Kier molecular flexibility index (Phi) is 4.33. The Morgan fingerprint density at radius 3 is 2.17 bits per heavy atom. The zero-order valence-corrected chi connectivity index (χ0v) is 13.7. The third-order valence-electron chi connectivity index (χ3n) is 3.41. The van der Waals surface area contributed by atoms with E-state index in [1.54, 1.807) is 13.8 Å². The average Bonchev–Trinajstić information content (AvgIpc) is 2.42. The fourth-order valence-corrected chi connectivity index (χ4v) is 3.61. The summed E-state index contributed by atoms with van der Waals surface area (Å²) in [6.07, 6.45) is 0. The summed E-state index contributed by atoms with van der Waals surface area (Å²) in [5.74, 6) is -2.20. The number of rotatable bonds is 4. The first-order chi connectivity index (χ1) is 10.6. The van der Waals surface area contributed by atoms with Crippen LogP contribution in [-0.2, 0) is 10.0 Å². The molecule has 23 heavy (non-hydrogen) atoms. The number of aryl methyl sites for hydroxylation is 3. The Bertz CT molecular complexity index is 864. The number of nitrogens with one attached hydrogen (secondary N) is 1. The van der Waals surface area contributed by atoms with Crippen molar-refractivity contribution in [2.75, 3.05) is 4.72 Å². The third-order valence-corrected chi connectivity index (χ3v) is 4.75. The minimum Gasteiger partial charge on any atom is -0.872 e. The second-order valence-corrected chi connectivity index (χ2v) is 7.02. The first-order valence-electron chi connectivity index (χ1n) is 6.77. The van der Waals surface area contributed by atoms with Crippen molar-refractivity contribution in [1.29, 1.82) is 0 Å². The summed E-state index contributed by atoms with van der Waals surface area (Å²) in [4.78, 5) is 10.7. The lowest BCUT2D eigenvalue weighted by Gasteiger charge is -2.16. The van der Waals surface area contributed by atoms with Gasteiger partial charge in [0, 0.05) is 0 Å². The number of carboxylic acid groups (broad SMARTS) is 1. The maximum Gasteiger partial charge on any atom is 0.335 e. The van der Waals surface area contributed by atoms with Crippen LogP contribution in [0.25, 0.3) is 0 Å². The predicted molar refractivity (Wildman–Crippen MR) is 84.3 cm³/mol. The van der Waals surface area contributed by atoms with Gasteiger partial charge in [-0.2, -0.15) is 0 Å². The molecule has 0 atom stereocenters. The first kappa shape index (κ1) is 16.8. The smallest absolute Gasteiger partial charge is 0.335 e. The van der Waals surface area contributed by atoms with E-state index >= 15 is 0 Å². The van der Waals surface area contributed by atoms with Gasteiger partial charge in [-0.3, -0.25) is 4.72 Å². The van der Waals surface area contributed by atoms with Gasteiger partial charge in [-0.1, -0.05) is 29.5 Å². The maximum absolute atomic E-state index is 12.5. The van der Waals surface area contributed by atoms with Crippen molar-refractivity contribution in [3.05, 3.63) is 52.6 Å². The summed E-state index contributed by atoms with van der Waals surface area (Å²) in [6, 6.07) is 6.58. The molecule has 7 heteroatoms. The van der Waals surface area contributed by atoms with Crippen molar-refractivity contribution in [2.24, 2.45) is 0 Å². The van der Waals surface area contributed by atoms with E-state index in [9.17, 15) is 18.3 Å². The molecule has 122 valence electrons. The largest absolute Gasteiger partial charge is 0.872 e. The Balaban J connectivity index is 2.48. The Hall–Kier alpha value is -2.54. The molecule has 0 aliphatic rings. The Morgan fingerprint density at radius 1 is 1.09 bits per heavy atom. The van der Waals surface area contributed by atoms with Crippen LogP contribution in [-0.4, -0.2) is 19.5 Å². The number of aromatic carboxylic acids is 1. The van der Waals surface area contributed by atoms with Gasteiger partial charge in [-0.25, -0.2) is 13.2 Å². The highest BCUT2D eigenvalue weighted by Gasteiger charge is 2.18. The molecule has 0 aromatic heterocycles. The van der Waals surface area contributed by atoms with Gasteiger partial charge in [-0.05, 0) is 44.0 Å². The van der Waals surface area contributed by atoms with Crippen LogP contribution in [0.1, 0.15) is 27.0 Å². The quantitative estimate of drug-likeness (QED) is 0.891. The van der Waals surface area contributed by atoms with Gasteiger partial charge >= 0.3 is 5.97 Å². The molecule has 0 aliphatic carbocycles. The molecular weight excluding hydrogens is 318 g/mol. The van der Waals surface area contributed by atoms with Crippen molar-refractivity contribution in [3.63, 3.8) is 0 Å². The predicted octanol–water partition coefficient (Wildman–Crippen LogP) is 2.18. The van der Waals surface area contributed by atoms with E-state index in [1.165, 1.54) is 0 Å². The first-order valence-corrected chi connectivity index (χ1v) is 8.25. The summed E-state index contributed by atoms with van der Waals surface area (Å²) in [7, 11) is -4.00. The molecule has 0 saturated heterocycles. The molecule has 2 aromatic carbocycles. The molecule has 0 bridgehead atoms. The Labute approximate surface area is 134 Å². The van der Waals surface area contributed by atoms with E-state index in [2.05, 4.69) is 4.72 Å². The monoisotopic (exact) mass is 334 g/mol. The van der Waals surface area contributed by atoms with Crippen LogP contribution in [0.3, 0.4) is 0 Å². The van der Waals surface area contributed by atoms with Gasteiger partial charge in [0.2, 0.25) is 0 Å². The highest BCUT2D eigenvalue weighted by atomic mass is 32.2. The number of carboxylic acids is 1. The van der Waals surface area contributed by atoms with Crippen LogP contribution in [0.2, 0.25) is 0 Å². The SMILES string of the molecule is Cc1cc(C)c(NS(=O)(=O)c2ccc([O-])c(C(=O)O)c2)c(C)c1. The summed E-state index contributed by atoms with van der Waals surface area (Å²) < 4.78 is 27.4. The number of carbonyl (C=O) groups is 1. The molecule has 0 heterocycles. The highest BCUT2D eigenvalue weighted by molar-refractivity contribution is 7.92. The average molecular weight is 334 g/mol. The lowest BCUT2D eigenvalue weighted by Crippen LogP contribution is -2.16. The minimum atomic E-state index is -4.00. The molecular formula is C16H16NO5S-. The number of hydrogen-bond donors (Lipinski definition) is 2. The van der Waals surface area contributed by atoms with Crippen LogP contribution in [0.4, 0.5) is 5.69 Å². The van der Waals surface area contributed by atoms with Gasteiger partial charge in [-0.15, -0.1) is 0 Å². The molecule has 2 N–H and O–H groups in total. The van der Waals surface area contributed by atoms with Crippen LogP contribution in [0.15, 0.2) is 35.2 Å². The zero-order valence-electron chi connectivity index (χ0n) is 12.9. The van der Waals surface area contributed by atoms with Crippen molar-refractivity contribution in [1.82, 2.24) is 0 Å². The standard InChI is InChI=1S/C16H17NO5S/c1-9-6-10(2)15(11(3)7-9)17-23(21,22)12-4-5-14(18)13(8-12)16(19)20/h4-8,17-18H,1-3H3,(H,19,20)/p-1. The van der Waals surface area contributed by atoms with Crippen LogP contribution in [0, 0.1) is 20.8 Å². The maximum atomic E-state index is 12.5. The molecule has 0 radical (unpaired) electrons. The minimum absolute atomic E-state index is 0.270. The van der Waals surface area contributed by atoms with Gasteiger partial charge in [0.25, 0.3) is 10.0 Å². The second kappa shape index (κ2) is 5.92. The molecule has 0 saturated carbocycles. The van der Waals surface area contributed by atoms with E-state index in [1.807, 2.05) is 19.1 Å². The number of sulfonamides is 1. The molecule has 0 fully saturated rings. The molecule has 6 nitrogen and oxygen atoms in total. The van der Waals surface area contributed by atoms with Gasteiger partial charge in [0.1, 0.15) is 0 Å². The van der Waals surface area contributed by atoms with Crippen molar-refractivity contribution in [3.8, 4) is 5.75 Å². The van der Waals surface area contributed by atoms with Crippen molar-refractivity contribution >= 4 is 21.7 Å². The van der Waals surface area contributed by atoms with E-state index in [0.29, 0.717) is 5.69 Å². The van der Waals surface area contributed by atoms with E-state index < -0.39 is 27.3 Å². The lowest BCUT2D eigenvalue weighted by molar-refractivity contribution is -0.268. The molecule has 0 unspecified atom stereocenters. The molecule has 0 spiro atoms. The molecule has 2 rings (SSSR count). The van der Waals surface area contributed by atoms with Crippen molar-refractivity contribution in [2.45, 2.75) is 25.7 Å². The van der Waals surface area contributed by atoms with Gasteiger partial charge in [0.05, 0.1) is 16.1 Å². The van der Waals surface area contributed by atoms with Crippen LogP contribution < -0.4 is 9.83 Å². The van der Waals surface area contributed by atoms with E-state index in [0.717, 1.165) is 34.9 Å². The fraction of sp³-hybridized carbons (Fsp3) is 0.188. The van der Waals surface area contributed by atoms with Crippen LogP contribution in [0.5, 0.6) is 5.75 Å². The summed E-state index contributed by atoms with van der Waals surface area (Å²) >= 11 is 0. The summed E-state index contributed by atoms with van der Waals surface area (Å²) in [5, 5.41) is 20.4. The number of anilines is 1. The third kappa shape index (κ3) is 3.45. The number of hydrogen-bond acceptors (Lipinski definition) is 4.